The van der Waals surface area contributed by atoms with E-state index in [4.69, 9.17) is 23.7 Å². The average molecular weight is 437 g/mol. The van der Waals surface area contributed by atoms with Gasteiger partial charge in [-0.1, -0.05) is 69.7 Å². The van der Waals surface area contributed by atoms with Crippen molar-refractivity contribution < 1.29 is 33.6 Å². The van der Waals surface area contributed by atoms with Gasteiger partial charge in [0.25, 0.3) is 5.79 Å². The summed E-state index contributed by atoms with van der Waals surface area (Å²) in [6.07, 6.45) is 7.07. The predicted octanol–water partition coefficient (Wildman–Crippen LogP) is 5.73. The van der Waals surface area contributed by atoms with E-state index in [1.807, 2.05) is 12.1 Å². The Labute approximate surface area is 185 Å². The lowest BCUT2D eigenvalue weighted by Crippen LogP contribution is -2.36. The molecule has 1 atom stereocenters. The third-order valence-electron chi connectivity index (χ3n) is 5.83. The molecule has 2 aliphatic rings. The highest BCUT2D eigenvalue weighted by atomic mass is 16.9. The highest BCUT2D eigenvalue weighted by Gasteiger charge is 2.50. The Balaban J connectivity index is 1.51. The van der Waals surface area contributed by atoms with E-state index in [0.717, 1.165) is 12.0 Å². The molecule has 174 valence electrons. The van der Waals surface area contributed by atoms with Crippen LogP contribution in [0.3, 0.4) is 0 Å². The lowest BCUT2D eigenvalue weighted by molar-refractivity contribution is -0.240. The molecule has 2 aliphatic heterocycles. The van der Waals surface area contributed by atoms with E-state index in [9.17, 15) is 9.90 Å². The van der Waals surface area contributed by atoms with Crippen LogP contribution in [-0.4, -0.2) is 36.9 Å². The van der Waals surface area contributed by atoms with E-state index in [-0.39, 0.29) is 6.61 Å². The van der Waals surface area contributed by atoms with Crippen LogP contribution in [0.1, 0.15) is 83.1 Å². The van der Waals surface area contributed by atoms with Crippen LogP contribution >= 0.6 is 0 Å². The molecule has 3 rings (SSSR count). The average Bonchev–Trinajstić information content (AvgIpc) is 3.06. The summed E-state index contributed by atoms with van der Waals surface area (Å²) < 4.78 is 28.4. The van der Waals surface area contributed by atoms with Crippen molar-refractivity contribution in [2.45, 2.75) is 83.6 Å². The largest absolute Gasteiger partial charge is 0.508 e. The molecule has 0 radical (unpaired) electrons. The van der Waals surface area contributed by atoms with Crippen molar-refractivity contribution in [2.24, 2.45) is 5.92 Å². The summed E-state index contributed by atoms with van der Waals surface area (Å²) in [7, 11) is 0. The van der Waals surface area contributed by atoms with Crippen molar-refractivity contribution in [3.63, 3.8) is 0 Å². The summed E-state index contributed by atoms with van der Waals surface area (Å²) >= 11 is 0. The molecular formula is C24H36O7. The van der Waals surface area contributed by atoms with Gasteiger partial charge in [0.1, 0.15) is 6.61 Å². The molecule has 7 nitrogen and oxygen atoms in total. The molecule has 1 aromatic carbocycles. The second-order valence-electron chi connectivity index (χ2n) is 8.95. The molecule has 7 heteroatoms. The Bertz CT molecular complexity index is 694. The van der Waals surface area contributed by atoms with Crippen LogP contribution in [0.25, 0.3) is 0 Å². The summed E-state index contributed by atoms with van der Waals surface area (Å²) in [5, 5.41) is 9.17. The molecule has 1 aromatic rings. The number of rotatable bonds is 10. The van der Waals surface area contributed by atoms with Crippen LogP contribution in [0.4, 0.5) is 4.79 Å². The minimum atomic E-state index is -1.48. The van der Waals surface area contributed by atoms with Crippen molar-refractivity contribution in [3.05, 3.63) is 35.4 Å². The van der Waals surface area contributed by atoms with E-state index >= 15 is 0 Å². The fourth-order valence-corrected chi connectivity index (χ4v) is 4.13. The van der Waals surface area contributed by atoms with E-state index in [1.54, 1.807) is 26.0 Å². The third kappa shape index (κ3) is 6.65. The van der Waals surface area contributed by atoms with Gasteiger partial charge in [0.2, 0.25) is 0 Å². The van der Waals surface area contributed by atoms with Crippen LogP contribution < -0.4 is 0 Å². The van der Waals surface area contributed by atoms with Gasteiger partial charge in [-0.25, -0.2) is 4.79 Å². The Hall–Kier alpha value is -1.67. The first-order valence-corrected chi connectivity index (χ1v) is 11.4. The fourth-order valence-electron chi connectivity index (χ4n) is 4.13. The zero-order valence-electron chi connectivity index (χ0n) is 18.9. The lowest BCUT2D eigenvalue weighted by atomic mass is 10.0. The maximum absolute atomic E-state index is 11.2. The quantitative estimate of drug-likeness (QED) is 0.370. The normalized spacial score (nSPS) is 27.8. The zero-order valence-corrected chi connectivity index (χ0v) is 18.9. The Kier molecular flexibility index (Phi) is 8.33. The van der Waals surface area contributed by atoms with Crippen LogP contribution in [0.5, 0.6) is 0 Å². The molecule has 0 unspecified atom stereocenters. The van der Waals surface area contributed by atoms with Crippen LogP contribution in [-0.2, 0) is 29.5 Å². The van der Waals surface area contributed by atoms with Gasteiger partial charge in [0.15, 0.2) is 12.1 Å². The Morgan fingerprint density at radius 1 is 1.06 bits per heavy atom. The maximum Gasteiger partial charge on any atom is 0.508 e. The molecule has 0 spiro atoms. The van der Waals surface area contributed by atoms with Gasteiger partial charge in [-0.3, -0.25) is 0 Å². The van der Waals surface area contributed by atoms with Crippen molar-refractivity contribution in [1.29, 1.82) is 0 Å². The smallest absolute Gasteiger partial charge is 0.450 e. The standard InChI is InChI=1S/C24H36O7/c1-4-5-6-7-8-9-10-18-15-27-21(28-16-18)19-11-13-20(14-12-19)24(30-22(25)26)17-29-23(2,3)31-24/h11-14,18,21H,4-10,15-17H2,1-3H3,(H,25,26)/t18?,21?,24-/m1/s1. The molecule has 31 heavy (non-hydrogen) atoms. The van der Waals surface area contributed by atoms with E-state index < -0.39 is 24.0 Å². The molecule has 2 fully saturated rings. The fraction of sp³-hybridized carbons (Fsp3) is 0.708. The van der Waals surface area contributed by atoms with Crippen molar-refractivity contribution in [2.75, 3.05) is 19.8 Å². The molecular weight excluding hydrogens is 400 g/mol. The lowest BCUT2D eigenvalue weighted by Gasteiger charge is -2.31. The number of carbonyl (C=O) groups is 1. The van der Waals surface area contributed by atoms with Gasteiger partial charge in [-0.15, -0.1) is 0 Å². The molecule has 0 amide bonds. The summed E-state index contributed by atoms with van der Waals surface area (Å²) in [4.78, 5) is 11.2. The van der Waals surface area contributed by atoms with Gasteiger partial charge in [0.05, 0.1) is 13.2 Å². The summed E-state index contributed by atoms with van der Waals surface area (Å²) in [5.74, 6) is -1.97. The number of unbranched alkanes of at least 4 members (excludes halogenated alkanes) is 5. The molecule has 0 bridgehead atoms. The van der Waals surface area contributed by atoms with Crippen molar-refractivity contribution >= 4 is 6.16 Å². The van der Waals surface area contributed by atoms with E-state index in [1.165, 1.54) is 38.5 Å². The van der Waals surface area contributed by atoms with Crippen LogP contribution in [0.15, 0.2) is 24.3 Å². The van der Waals surface area contributed by atoms with Crippen molar-refractivity contribution in [3.8, 4) is 0 Å². The first-order chi connectivity index (χ1) is 14.8. The minimum Gasteiger partial charge on any atom is -0.450 e. The topological polar surface area (TPSA) is 83.5 Å². The first-order valence-electron chi connectivity index (χ1n) is 11.4. The van der Waals surface area contributed by atoms with Gasteiger partial charge in [-0.05, 0) is 20.3 Å². The second-order valence-corrected chi connectivity index (χ2v) is 8.95. The number of benzene rings is 1. The molecule has 0 aromatic heterocycles. The van der Waals surface area contributed by atoms with Gasteiger partial charge in [0, 0.05) is 17.0 Å². The molecule has 0 saturated carbocycles. The van der Waals surface area contributed by atoms with Crippen LogP contribution in [0.2, 0.25) is 0 Å². The summed E-state index contributed by atoms with van der Waals surface area (Å²) in [6, 6.07) is 7.27. The molecule has 0 aliphatic carbocycles. The number of carboxylic acid groups (broad SMARTS) is 1. The highest BCUT2D eigenvalue weighted by Crippen LogP contribution is 2.40. The van der Waals surface area contributed by atoms with Crippen LogP contribution in [0, 0.1) is 5.92 Å². The van der Waals surface area contributed by atoms with E-state index in [2.05, 4.69) is 6.92 Å². The monoisotopic (exact) mass is 436 g/mol. The maximum atomic E-state index is 11.2. The minimum absolute atomic E-state index is 0.0117. The Morgan fingerprint density at radius 3 is 2.29 bits per heavy atom. The number of hydrogen-bond acceptors (Lipinski definition) is 6. The van der Waals surface area contributed by atoms with E-state index in [0.29, 0.717) is 24.7 Å². The zero-order chi connectivity index (χ0) is 22.3. The Morgan fingerprint density at radius 2 is 1.71 bits per heavy atom. The SMILES string of the molecule is CCCCCCCCC1COC(c2ccc([C@@]3(OC(=O)O)COC(C)(C)O3)cc2)OC1. The van der Waals surface area contributed by atoms with Gasteiger partial charge >= 0.3 is 6.16 Å². The molecule has 2 heterocycles. The molecule has 2 saturated heterocycles. The number of ether oxygens (including phenoxy) is 5. The highest BCUT2D eigenvalue weighted by molar-refractivity contribution is 5.58. The predicted molar refractivity (Wildman–Crippen MR) is 114 cm³/mol. The first kappa shape index (κ1) is 24.0. The second kappa shape index (κ2) is 10.8. The van der Waals surface area contributed by atoms with Gasteiger partial charge in [-0.2, -0.15) is 0 Å². The van der Waals surface area contributed by atoms with Gasteiger partial charge < -0.3 is 28.8 Å². The summed E-state index contributed by atoms with van der Waals surface area (Å²) in [5.41, 5.74) is 1.45. The third-order valence-corrected chi connectivity index (χ3v) is 5.83. The molecule has 1 N–H and O–H groups in total. The summed E-state index contributed by atoms with van der Waals surface area (Å²) in [6.45, 7) is 7.05. The number of hydrogen-bond donors (Lipinski definition) is 1. The van der Waals surface area contributed by atoms with Crippen molar-refractivity contribution in [1.82, 2.24) is 0 Å².